The number of rotatable bonds is 5. The lowest BCUT2D eigenvalue weighted by molar-refractivity contribution is 0.0697. The Morgan fingerprint density at radius 2 is 2.25 bits per heavy atom. The standard InChI is InChI=1S/C12H16N2O5S/c13-20(17,18)9-3-4-11(10(6-9)12(15)16)14-7-8-2-1-5-19-8/h3-4,6,8,14H,1-2,5,7H2,(H,15,16)(H2,13,17,18). The summed E-state index contributed by atoms with van der Waals surface area (Å²) in [7, 11) is -3.92. The molecule has 0 spiro atoms. The largest absolute Gasteiger partial charge is 0.478 e. The van der Waals surface area contributed by atoms with Crippen molar-refractivity contribution in [3.05, 3.63) is 23.8 Å². The third-order valence-corrected chi connectivity index (χ3v) is 4.01. The molecule has 1 aliphatic heterocycles. The summed E-state index contributed by atoms with van der Waals surface area (Å²) in [5, 5.41) is 17.1. The van der Waals surface area contributed by atoms with E-state index in [1.165, 1.54) is 12.1 Å². The van der Waals surface area contributed by atoms with E-state index in [2.05, 4.69) is 5.32 Å². The molecule has 1 aromatic rings. The third kappa shape index (κ3) is 3.47. The quantitative estimate of drug-likeness (QED) is 0.733. The highest BCUT2D eigenvalue weighted by Crippen LogP contribution is 2.21. The molecule has 2 rings (SSSR count). The molecule has 1 fully saturated rings. The molecule has 1 heterocycles. The summed E-state index contributed by atoms with van der Waals surface area (Å²) in [6.07, 6.45) is 1.96. The fourth-order valence-electron chi connectivity index (χ4n) is 2.06. The van der Waals surface area contributed by atoms with Crippen LogP contribution in [0.5, 0.6) is 0 Å². The maximum Gasteiger partial charge on any atom is 0.337 e. The molecular formula is C12H16N2O5S. The van der Waals surface area contributed by atoms with Crippen molar-refractivity contribution in [1.29, 1.82) is 0 Å². The normalized spacial score (nSPS) is 18.9. The molecule has 8 heteroatoms. The van der Waals surface area contributed by atoms with Gasteiger partial charge in [0.2, 0.25) is 10.0 Å². The van der Waals surface area contributed by atoms with Crippen LogP contribution in [-0.2, 0) is 14.8 Å². The smallest absolute Gasteiger partial charge is 0.337 e. The molecule has 0 saturated carbocycles. The first kappa shape index (κ1) is 14.8. The number of nitrogens with two attached hydrogens (primary N) is 1. The summed E-state index contributed by atoms with van der Waals surface area (Å²) in [6, 6.07) is 3.73. The molecule has 110 valence electrons. The summed E-state index contributed by atoms with van der Waals surface area (Å²) >= 11 is 0. The first-order chi connectivity index (χ1) is 9.38. The maximum atomic E-state index is 11.2. The second-order valence-electron chi connectivity index (χ2n) is 4.57. The number of primary sulfonamides is 1. The van der Waals surface area contributed by atoms with Gasteiger partial charge in [0.1, 0.15) is 0 Å². The van der Waals surface area contributed by atoms with Crippen LogP contribution in [0.2, 0.25) is 0 Å². The summed E-state index contributed by atoms with van der Waals surface area (Å²) in [4.78, 5) is 11.0. The van der Waals surface area contributed by atoms with Gasteiger partial charge in [0.05, 0.1) is 16.6 Å². The van der Waals surface area contributed by atoms with Gasteiger partial charge in [-0.05, 0) is 31.0 Å². The van der Waals surface area contributed by atoms with Crippen molar-refractivity contribution in [2.45, 2.75) is 23.8 Å². The van der Waals surface area contributed by atoms with Crippen LogP contribution in [0.25, 0.3) is 0 Å². The molecule has 1 aliphatic rings. The van der Waals surface area contributed by atoms with Gasteiger partial charge in [0.15, 0.2) is 0 Å². The molecule has 1 aromatic carbocycles. The van der Waals surface area contributed by atoms with Gasteiger partial charge < -0.3 is 15.2 Å². The molecular weight excluding hydrogens is 284 g/mol. The van der Waals surface area contributed by atoms with E-state index in [1.54, 1.807) is 0 Å². The van der Waals surface area contributed by atoms with Crippen LogP contribution in [0.3, 0.4) is 0 Å². The first-order valence-electron chi connectivity index (χ1n) is 6.13. The van der Waals surface area contributed by atoms with E-state index in [4.69, 9.17) is 15.0 Å². The van der Waals surface area contributed by atoms with Crippen LogP contribution < -0.4 is 10.5 Å². The average Bonchev–Trinajstić information content (AvgIpc) is 2.88. The Morgan fingerprint density at radius 3 is 2.80 bits per heavy atom. The maximum absolute atomic E-state index is 11.2. The van der Waals surface area contributed by atoms with E-state index >= 15 is 0 Å². The zero-order chi connectivity index (χ0) is 14.8. The lowest BCUT2D eigenvalue weighted by Gasteiger charge is -2.14. The Hall–Kier alpha value is -1.64. The van der Waals surface area contributed by atoms with Crippen molar-refractivity contribution < 1.29 is 23.1 Å². The van der Waals surface area contributed by atoms with Crippen LogP contribution in [0.15, 0.2) is 23.1 Å². The number of aromatic carboxylic acids is 1. The first-order valence-corrected chi connectivity index (χ1v) is 7.68. The Bertz CT molecular complexity index is 608. The number of sulfonamides is 1. The van der Waals surface area contributed by atoms with Gasteiger partial charge in [0.25, 0.3) is 0 Å². The molecule has 0 aromatic heterocycles. The van der Waals surface area contributed by atoms with Crippen molar-refractivity contribution in [2.24, 2.45) is 5.14 Å². The minimum Gasteiger partial charge on any atom is -0.478 e. The molecule has 1 atom stereocenters. The van der Waals surface area contributed by atoms with E-state index in [9.17, 15) is 13.2 Å². The van der Waals surface area contributed by atoms with E-state index in [0.717, 1.165) is 18.9 Å². The van der Waals surface area contributed by atoms with Gasteiger partial charge in [-0.1, -0.05) is 0 Å². The third-order valence-electron chi connectivity index (χ3n) is 3.09. The van der Waals surface area contributed by atoms with Gasteiger partial charge in [0, 0.05) is 18.8 Å². The molecule has 0 amide bonds. The van der Waals surface area contributed by atoms with Gasteiger partial charge in [-0.15, -0.1) is 0 Å². The SMILES string of the molecule is NS(=O)(=O)c1ccc(NCC2CCCO2)c(C(=O)O)c1. The van der Waals surface area contributed by atoms with Gasteiger partial charge in [-0.2, -0.15) is 0 Å². The Kier molecular flexibility index (Phi) is 4.26. The van der Waals surface area contributed by atoms with E-state index < -0.39 is 16.0 Å². The number of anilines is 1. The van der Waals surface area contributed by atoms with Crippen LogP contribution >= 0.6 is 0 Å². The van der Waals surface area contributed by atoms with Crippen LogP contribution in [0, 0.1) is 0 Å². The predicted molar refractivity (Wildman–Crippen MR) is 72.2 cm³/mol. The Labute approximate surface area is 116 Å². The van der Waals surface area contributed by atoms with Crippen LogP contribution in [0.4, 0.5) is 5.69 Å². The average molecular weight is 300 g/mol. The second-order valence-corrected chi connectivity index (χ2v) is 6.13. The number of carbonyl (C=O) groups is 1. The topological polar surface area (TPSA) is 119 Å². The number of benzene rings is 1. The minimum atomic E-state index is -3.92. The summed E-state index contributed by atoms with van der Waals surface area (Å²) < 4.78 is 27.9. The fraction of sp³-hybridized carbons (Fsp3) is 0.417. The zero-order valence-corrected chi connectivity index (χ0v) is 11.5. The van der Waals surface area contributed by atoms with Crippen molar-refractivity contribution in [3.8, 4) is 0 Å². The van der Waals surface area contributed by atoms with E-state index in [-0.39, 0.29) is 16.6 Å². The van der Waals surface area contributed by atoms with Crippen molar-refractivity contribution >= 4 is 21.7 Å². The van der Waals surface area contributed by atoms with E-state index in [0.29, 0.717) is 18.8 Å². The Balaban J connectivity index is 2.21. The highest BCUT2D eigenvalue weighted by atomic mass is 32.2. The summed E-state index contributed by atoms with van der Waals surface area (Å²) in [6.45, 7) is 1.19. The molecule has 1 unspecified atom stereocenters. The predicted octanol–water partition coefficient (Wildman–Crippen LogP) is 0.623. The molecule has 0 bridgehead atoms. The number of hydrogen-bond donors (Lipinski definition) is 3. The van der Waals surface area contributed by atoms with Crippen molar-refractivity contribution in [1.82, 2.24) is 0 Å². The fourth-order valence-corrected chi connectivity index (χ4v) is 2.60. The molecule has 0 radical (unpaired) electrons. The number of carboxylic acid groups (broad SMARTS) is 1. The van der Waals surface area contributed by atoms with Crippen molar-refractivity contribution in [3.63, 3.8) is 0 Å². The van der Waals surface area contributed by atoms with Crippen LogP contribution in [0.1, 0.15) is 23.2 Å². The van der Waals surface area contributed by atoms with Gasteiger partial charge >= 0.3 is 5.97 Å². The Morgan fingerprint density at radius 1 is 1.50 bits per heavy atom. The molecule has 1 saturated heterocycles. The number of carboxylic acids is 1. The van der Waals surface area contributed by atoms with Gasteiger partial charge in [-0.3, -0.25) is 0 Å². The minimum absolute atomic E-state index is 0.0505. The summed E-state index contributed by atoms with van der Waals surface area (Å²) in [5.74, 6) is -1.22. The molecule has 7 nitrogen and oxygen atoms in total. The highest BCUT2D eigenvalue weighted by molar-refractivity contribution is 7.89. The number of nitrogens with one attached hydrogen (secondary N) is 1. The molecule has 0 aliphatic carbocycles. The van der Waals surface area contributed by atoms with E-state index in [1.807, 2.05) is 0 Å². The molecule has 20 heavy (non-hydrogen) atoms. The number of ether oxygens (including phenoxy) is 1. The molecule has 4 N–H and O–H groups in total. The van der Waals surface area contributed by atoms with Crippen molar-refractivity contribution in [2.75, 3.05) is 18.5 Å². The summed E-state index contributed by atoms with van der Waals surface area (Å²) in [5.41, 5.74) is 0.218. The monoisotopic (exact) mass is 300 g/mol. The van der Waals surface area contributed by atoms with Crippen LogP contribution in [-0.4, -0.2) is 38.7 Å². The lowest BCUT2D eigenvalue weighted by Crippen LogP contribution is -2.20. The highest BCUT2D eigenvalue weighted by Gasteiger charge is 2.18. The lowest BCUT2D eigenvalue weighted by atomic mass is 10.1. The number of hydrogen-bond acceptors (Lipinski definition) is 5. The zero-order valence-electron chi connectivity index (χ0n) is 10.7. The van der Waals surface area contributed by atoms with Gasteiger partial charge in [-0.25, -0.2) is 18.4 Å². The second kappa shape index (κ2) is 5.78.